The predicted octanol–water partition coefficient (Wildman–Crippen LogP) is 1.89. The third-order valence-electron chi connectivity index (χ3n) is 3.99. The lowest BCUT2D eigenvalue weighted by Gasteiger charge is -2.35. The number of carbonyl (C=O) groups is 2. The van der Waals surface area contributed by atoms with Crippen LogP contribution in [0.5, 0.6) is 0 Å². The van der Waals surface area contributed by atoms with Crippen molar-refractivity contribution in [3.8, 4) is 0 Å². The zero-order valence-electron chi connectivity index (χ0n) is 12.6. The fourth-order valence-electron chi connectivity index (χ4n) is 2.75. The molecule has 120 valence electrons. The smallest absolute Gasteiger partial charge is 0.242 e. The van der Waals surface area contributed by atoms with Crippen molar-refractivity contribution in [1.29, 1.82) is 0 Å². The molecule has 0 aliphatic carbocycles. The minimum absolute atomic E-state index is 0.0326. The Morgan fingerprint density at radius 2 is 2.05 bits per heavy atom. The Hall–Kier alpha value is -1.59. The van der Waals surface area contributed by atoms with Crippen LogP contribution < -0.4 is 5.32 Å². The second-order valence-electron chi connectivity index (χ2n) is 5.48. The highest BCUT2D eigenvalue weighted by Crippen LogP contribution is 2.23. The summed E-state index contributed by atoms with van der Waals surface area (Å²) in [6, 6.07) is 6.33. The molecule has 1 aromatic carbocycles. The van der Waals surface area contributed by atoms with Crippen LogP contribution in [-0.4, -0.2) is 41.5 Å². The van der Waals surface area contributed by atoms with Crippen LogP contribution in [0.25, 0.3) is 0 Å². The van der Waals surface area contributed by atoms with Gasteiger partial charge in [-0.05, 0) is 37.0 Å². The maximum Gasteiger partial charge on any atom is 0.242 e. The lowest BCUT2D eigenvalue weighted by Crippen LogP contribution is -2.51. The van der Waals surface area contributed by atoms with Gasteiger partial charge in [0.2, 0.25) is 11.8 Å². The number of amides is 2. The number of likely N-dealkylation sites (N-methyl/N-ethyl adjacent to an activating group) is 1. The number of hydrogen-bond donors (Lipinski definition) is 2. The molecule has 5 nitrogen and oxygen atoms in total. The summed E-state index contributed by atoms with van der Waals surface area (Å²) in [5.41, 5.74) is 0.645. The molecule has 2 amide bonds. The van der Waals surface area contributed by atoms with E-state index in [9.17, 15) is 14.7 Å². The van der Waals surface area contributed by atoms with Gasteiger partial charge in [0, 0.05) is 18.6 Å². The lowest BCUT2D eigenvalue weighted by atomic mass is 9.99. The van der Waals surface area contributed by atoms with Gasteiger partial charge in [0.25, 0.3) is 0 Å². The zero-order valence-corrected chi connectivity index (χ0v) is 13.3. The summed E-state index contributed by atoms with van der Waals surface area (Å²) < 4.78 is 0. The van der Waals surface area contributed by atoms with Crippen molar-refractivity contribution in [2.45, 2.75) is 37.8 Å². The highest BCUT2D eigenvalue weighted by molar-refractivity contribution is 6.30. The summed E-state index contributed by atoms with van der Waals surface area (Å²) in [6.45, 7) is 0.560. The van der Waals surface area contributed by atoms with Gasteiger partial charge in [-0.15, -0.1) is 0 Å². The van der Waals surface area contributed by atoms with Crippen LogP contribution in [0, 0.1) is 0 Å². The third-order valence-corrected chi connectivity index (χ3v) is 4.25. The number of aliphatic hydroxyl groups excluding tert-OH is 1. The molecule has 0 spiro atoms. The van der Waals surface area contributed by atoms with Crippen molar-refractivity contribution < 1.29 is 14.7 Å². The van der Waals surface area contributed by atoms with E-state index >= 15 is 0 Å². The quantitative estimate of drug-likeness (QED) is 0.888. The topological polar surface area (TPSA) is 69.6 Å². The van der Waals surface area contributed by atoms with Crippen molar-refractivity contribution in [1.82, 2.24) is 10.2 Å². The molecule has 22 heavy (non-hydrogen) atoms. The van der Waals surface area contributed by atoms with E-state index in [4.69, 9.17) is 11.6 Å². The Morgan fingerprint density at radius 3 is 2.68 bits per heavy atom. The first-order chi connectivity index (χ1) is 10.5. The maximum absolute atomic E-state index is 12.4. The van der Waals surface area contributed by atoms with Gasteiger partial charge in [-0.25, -0.2) is 0 Å². The van der Waals surface area contributed by atoms with Crippen LogP contribution in [-0.2, 0) is 9.59 Å². The number of aliphatic hydroxyl groups is 1. The van der Waals surface area contributed by atoms with E-state index in [0.29, 0.717) is 23.6 Å². The SMILES string of the molecule is CNC(=O)C1CCCCN1C(=O)CC(O)c1ccc(Cl)cc1. The van der Waals surface area contributed by atoms with Crippen molar-refractivity contribution in [2.24, 2.45) is 0 Å². The fraction of sp³-hybridized carbons (Fsp3) is 0.500. The Kier molecular flexibility index (Phi) is 5.80. The van der Waals surface area contributed by atoms with Gasteiger partial charge in [-0.1, -0.05) is 23.7 Å². The van der Waals surface area contributed by atoms with Crippen LogP contribution >= 0.6 is 11.6 Å². The van der Waals surface area contributed by atoms with E-state index in [1.54, 1.807) is 36.2 Å². The van der Waals surface area contributed by atoms with Crippen molar-refractivity contribution in [3.05, 3.63) is 34.9 Å². The summed E-state index contributed by atoms with van der Waals surface area (Å²) in [4.78, 5) is 25.9. The van der Waals surface area contributed by atoms with Crippen molar-refractivity contribution >= 4 is 23.4 Å². The summed E-state index contributed by atoms with van der Waals surface area (Å²) in [7, 11) is 1.57. The molecule has 0 radical (unpaired) electrons. The monoisotopic (exact) mass is 324 g/mol. The minimum Gasteiger partial charge on any atom is -0.388 e. The first-order valence-electron chi connectivity index (χ1n) is 7.47. The Labute approximate surface area is 135 Å². The Morgan fingerprint density at radius 1 is 1.36 bits per heavy atom. The maximum atomic E-state index is 12.4. The number of nitrogens with one attached hydrogen (secondary N) is 1. The molecule has 1 aliphatic rings. The molecule has 1 saturated heterocycles. The zero-order chi connectivity index (χ0) is 16.1. The van der Waals surface area contributed by atoms with Gasteiger partial charge in [0.15, 0.2) is 0 Å². The average molecular weight is 325 g/mol. The summed E-state index contributed by atoms with van der Waals surface area (Å²) in [5, 5.41) is 13.4. The van der Waals surface area contributed by atoms with Crippen molar-refractivity contribution in [3.63, 3.8) is 0 Å². The molecule has 2 unspecified atom stereocenters. The van der Waals surface area contributed by atoms with E-state index in [2.05, 4.69) is 5.32 Å². The van der Waals surface area contributed by atoms with E-state index in [1.807, 2.05) is 0 Å². The molecule has 6 heteroatoms. The number of carbonyl (C=O) groups excluding carboxylic acids is 2. The molecule has 0 bridgehead atoms. The van der Waals surface area contributed by atoms with E-state index in [-0.39, 0.29) is 18.2 Å². The van der Waals surface area contributed by atoms with Gasteiger partial charge in [0.05, 0.1) is 12.5 Å². The van der Waals surface area contributed by atoms with Crippen LogP contribution in [0.4, 0.5) is 0 Å². The summed E-state index contributed by atoms with van der Waals surface area (Å²) >= 11 is 5.81. The highest BCUT2D eigenvalue weighted by Gasteiger charge is 2.32. The number of nitrogens with zero attached hydrogens (tertiary/aromatic N) is 1. The number of halogens is 1. The average Bonchev–Trinajstić information content (AvgIpc) is 2.54. The molecule has 2 rings (SSSR count). The summed E-state index contributed by atoms with van der Waals surface area (Å²) in [6.07, 6.45) is 1.56. The summed E-state index contributed by atoms with van der Waals surface area (Å²) in [5.74, 6) is -0.343. The molecule has 0 aromatic heterocycles. The van der Waals surface area contributed by atoms with Crippen LogP contribution in [0.1, 0.15) is 37.4 Å². The lowest BCUT2D eigenvalue weighted by molar-refractivity contribution is -0.143. The number of hydrogen-bond acceptors (Lipinski definition) is 3. The van der Waals surface area contributed by atoms with Crippen LogP contribution in [0.15, 0.2) is 24.3 Å². The van der Waals surface area contributed by atoms with Gasteiger partial charge >= 0.3 is 0 Å². The largest absolute Gasteiger partial charge is 0.388 e. The van der Waals surface area contributed by atoms with Crippen LogP contribution in [0.3, 0.4) is 0 Å². The standard InChI is InChI=1S/C16H21ClN2O3/c1-18-16(22)13-4-2-3-9-19(13)15(21)10-14(20)11-5-7-12(17)8-6-11/h5-8,13-14,20H,2-4,9-10H2,1H3,(H,18,22). The number of rotatable bonds is 4. The Bertz CT molecular complexity index is 533. The molecular formula is C16H21ClN2O3. The Balaban J connectivity index is 2.03. The van der Waals surface area contributed by atoms with Gasteiger partial charge in [0.1, 0.15) is 6.04 Å². The predicted molar refractivity (Wildman–Crippen MR) is 84.4 cm³/mol. The van der Waals surface area contributed by atoms with Gasteiger partial charge in [-0.3, -0.25) is 9.59 Å². The molecule has 2 atom stereocenters. The minimum atomic E-state index is -0.892. The van der Waals surface area contributed by atoms with E-state index in [0.717, 1.165) is 12.8 Å². The number of piperidine rings is 1. The molecule has 1 aromatic rings. The molecule has 2 N–H and O–H groups in total. The first kappa shape index (κ1) is 16.8. The van der Waals surface area contributed by atoms with E-state index in [1.165, 1.54) is 0 Å². The second kappa shape index (κ2) is 7.61. The highest BCUT2D eigenvalue weighted by atomic mass is 35.5. The molecule has 1 fully saturated rings. The second-order valence-corrected chi connectivity index (χ2v) is 5.92. The first-order valence-corrected chi connectivity index (χ1v) is 7.85. The number of likely N-dealkylation sites (tertiary alicyclic amines) is 1. The fourth-order valence-corrected chi connectivity index (χ4v) is 2.88. The third kappa shape index (κ3) is 3.99. The van der Waals surface area contributed by atoms with Crippen LogP contribution in [0.2, 0.25) is 5.02 Å². The normalized spacial score (nSPS) is 19.6. The van der Waals surface area contributed by atoms with Crippen molar-refractivity contribution in [2.75, 3.05) is 13.6 Å². The van der Waals surface area contributed by atoms with Gasteiger partial charge < -0.3 is 15.3 Å². The molecular weight excluding hydrogens is 304 g/mol. The molecule has 0 saturated carbocycles. The molecule has 1 aliphatic heterocycles. The van der Waals surface area contributed by atoms with E-state index < -0.39 is 12.1 Å². The van der Waals surface area contributed by atoms with Gasteiger partial charge in [-0.2, -0.15) is 0 Å². The number of benzene rings is 1. The molecule has 1 heterocycles.